The number of aryl methyl sites for hydroxylation is 2. The van der Waals surface area contributed by atoms with Crippen LogP contribution in [0.1, 0.15) is 5.56 Å². The molecule has 0 saturated carbocycles. The van der Waals surface area contributed by atoms with Gasteiger partial charge in [-0.05, 0) is 35.6 Å². The Kier molecular flexibility index (Phi) is 7.27. The van der Waals surface area contributed by atoms with Crippen molar-refractivity contribution in [2.75, 3.05) is 25.1 Å². The Morgan fingerprint density at radius 2 is 1.92 bits per heavy atom. The first-order valence-corrected chi connectivity index (χ1v) is 12.1. The molecule has 5 aromatic rings. The number of fused-ring (bicyclic) bond motifs is 1. The quantitative estimate of drug-likeness (QED) is 0.151. The Bertz CT molecular complexity index is 1580. The molecule has 5 rings (SSSR count). The topological polar surface area (TPSA) is 122 Å². The Balaban J connectivity index is 1.18. The van der Waals surface area contributed by atoms with Gasteiger partial charge in [0, 0.05) is 47.7 Å². The summed E-state index contributed by atoms with van der Waals surface area (Å²) in [5.41, 5.74) is 4.80. The molecule has 0 aliphatic rings. The number of imidazole rings is 1. The molecule has 3 heterocycles. The second kappa shape index (κ2) is 11.1. The fraction of sp³-hybridized carbons (Fsp3) is 0.222. The van der Waals surface area contributed by atoms with Crippen molar-refractivity contribution >= 4 is 28.5 Å². The van der Waals surface area contributed by atoms with E-state index in [0.29, 0.717) is 38.1 Å². The van der Waals surface area contributed by atoms with Gasteiger partial charge in [0.1, 0.15) is 24.8 Å². The zero-order valence-electron chi connectivity index (χ0n) is 21.1. The first kappa shape index (κ1) is 24.9. The molecule has 2 aromatic carbocycles. The highest BCUT2D eigenvalue weighted by Crippen LogP contribution is 2.30. The van der Waals surface area contributed by atoms with Crippen molar-refractivity contribution in [1.29, 1.82) is 0 Å². The van der Waals surface area contributed by atoms with Gasteiger partial charge < -0.3 is 29.5 Å². The molecule has 3 aromatic heterocycles. The molecule has 11 heteroatoms. The van der Waals surface area contributed by atoms with Gasteiger partial charge in [0.05, 0.1) is 25.5 Å². The number of benzene rings is 2. The zero-order chi connectivity index (χ0) is 26.5. The summed E-state index contributed by atoms with van der Waals surface area (Å²) in [5.74, 6) is 1.01. The van der Waals surface area contributed by atoms with Gasteiger partial charge in [0.15, 0.2) is 0 Å². The van der Waals surface area contributed by atoms with E-state index in [1.165, 1.54) is 10.8 Å². The van der Waals surface area contributed by atoms with Crippen LogP contribution in [0.5, 0.6) is 5.75 Å². The van der Waals surface area contributed by atoms with Gasteiger partial charge in [-0.25, -0.2) is 14.5 Å². The molecular formula is C27H27N7O4. The molecule has 0 radical (unpaired) electrons. The number of hydrogen-bond donors (Lipinski definition) is 1. The minimum Gasteiger partial charge on any atom is -0.491 e. The predicted molar refractivity (Wildman–Crippen MR) is 144 cm³/mol. The summed E-state index contributed by atoms with van der Waals surface area (Å²) in [7, 11) is 2.02. The maximum absolute atomic E-state index is 10.9. The number of nitro groups is 1. The second-order valence-corrected chi connectivity index (χ2v) is 8.68. The fourth-order valence-electron chi connectivity index (χ4n) is 4.20. The van der Waals surface area contributed by atoms with E-state index in [1.54, 1.807) is 12.4 Å². The fourth-order valence-corrected chi connectivity index (χ4v) is 4.20. The highest BCUT2D eigenvalue weighted by Gasteiger charge is 2.13. The standard InChI is InChI=1S/C27H27N7O4/c1-19-7-8-20(17-25(19)38-16-15-37-14-13-33-12-11-29-27(33)34(35)36)30-26-28-10-9-23(31-26)22-18-32(2)24-6-4-3-5-21(22)24/h3-12,17-18H,13-16H2,1-2H3,(H,28,30,31). The van der Waals surface area contributed by atoms with E-state index in [4.69, 9.17) is 14.5 Å². The lowest BCUT2D eigenvalue weighted by molar-refractivity contribution is -0.396. The number of anilines is 2. The van der Waals surface area contributed by atoms with Crippen LogP contribution in [-0.2, 0) is 18.3 Å². The SMILES string of the molecule is Cc1ccc(Nc2nccc(-c3cn(C)c4ccccc34)n2)cc1OCCOCCn1ccnc1[N+](=O)[O-]. The predicted octanol–water partition coefficient (Wildman–Crippen LogP) is 4.89. The Morgan fingerprint density at radius 1 is 1.05 bits per heavy atom. The average Bonchev–Trinajstić information content (AvgIpc) is 3.53. The summed E-state index contributed by atoms with van der Waals surface area (Å²) in [6, 6.07) is 15.9. The van der Waals surface area contributed by atoms with Crippen molar-refractivity contribution in [2.45, 2.75) is 13.5 Å². The van der Waals surface area contributed by atoms with E-state index in [2.05, 4.69) is 38.2 Å². The van der Waals surface area contributed by atoms with Crippen molar-refractivity contribution < 1.29 is 14.4 Å². The smallest absolute Gasteiger partial charge is 0.434 e. The van der Waals surface area contributed by atoms with Crippen LogP contribution in [0, 0.1) is 17.0 Å². The monoisotopic (exact) mass is 513 g/mol. The lowest BCUT2D eigenvalue weighted by Gasteiger charge is -2.12. The third-order valence-corrected chi connectivity index (χ3v) is 6.09. The van der Waals surface area contributed by atoms with Crippen LogP contribution in [-0.4, -0.2) is 48.8 Å². The minimum atomic E-state index is -0.516. The molecule has 0 bridgehead atoms. The highest BCUT2D eigenvalue weighted by molar-refractivity contribution is 5.95. The van der Waals surface area contributed by atoms with Crippen LogP contribution in [0.15, 0.2) is 73.3 Å². The van der Waals surface area contributed by atoms with E-state index in [-0.39, 0.29) is 5.95 Å². The Hall–Kier alpha value is -4.77. The molecule has 1 N–H and O–H groups in total. The van der Waals surface area contributed by atoms with Gasteiger partial charge in [-0.2, -0.15) is 0 Å². The maximum Gasteiger partial charge on any atom is 0.434 e. The number of nitrogens with one attached hydrogen (secondary N) is 1. The van der Waals surface area contributed by atoms with Crippen LogP contribution in [0.3, 0.4) is 0 Å². The molecule has 0 amide bonds. The van der Waals surface area contributed by atoms with Crippen LogP contribution < -0.4 is 10.1 Å². The van der Waals surface area contributed by atoms with Crippen LogP contribution in [0.25, 0.3) is 22.2 Å². The molecule has 11 nitrogen and oxygen atoms in total. The van der Waals surface area contributed by atoms with Gasteiger partial charge >= 0.3 is 5.95 Å². The number of para-hydroxylation sites is 1. The molecule has 0 aliphatic heterocycles. The summed E-state index contributed by atoms with van der Waals surface area (Å²) >= 11 is 0. The first-order chi connectivity index (χ1) is 18.5. The molecule has 0 fully saturated rings. The lowest BCUT2D eigenvalue weighted by Crippen LogP contribution is -2.12. The van der Waals surface area contributed by atoms with Crippen LogP contribution >= 0.6 is 0 Å². The van der Waals surface area contributed by atoms with E-state index in [1.807, 2.05) is 50.4 Å². The van der Waals surface area contributed by atoms with Gasteiger partial charge in [-0.1, -0.05) is 29.2 Å². The molecular weight excluding hydrogens is 486 g/mol. The Morgan fingerprint density at radius 3 is 2.79 bits per heavy atom. The maximum atomic E-state index is 10.9. The second-order valence-electron chi connectivity index (χ2n) is 8.68. The third kappa shape index (κ3) is 5.47. The molecule has 0 atom stereocenters. The Labute approximate surface area is 218 Å². The molecule has 0 saturated heterocycles. The van der Waals surface area contributed by atoms with E-state index in [9.17, 15) is 10.1 Å². The van der Waals surface area contributed by atoms with Gasteiger partial charge in [-0.15, -0.1) is 0 Å². The zero-order valence-corrected chi connectivity index (χ0v) is 21.1. The largest absolute Gasteiger partial charge is 0.491 e. The normalized spacial score (nSPS) is 11.1. The number of ether oxygens (including phenoxy) is 2. The van der Waals surface area contributed by atoms with Crippen LogP contribution in [0.4, 0.5) is 17.6 Å². The summed E-state index contributed by atoms with van der Waals surface area (Å²) in [6.45, 7) is 3.30. The van der Waals surface area contributed by atoms with Crippen molar-refractivity contribution in [3.63, 3.8) is 0 Å². The lowest BCUT2D eigenvalue weighted by atomic mass is 10.1. The van der Waals surface area contributed by atoms with E-state index < -0.39 is 4.92 Å². The summed E-state index contributed by atoms with van der Waals surface area (Å²) in [6.07, 6.45) is 6.78. The van der Waals surface area contributed by atoms with Crippen molar-refractivity contribution in [3.05, 3.63) is 89.0 Å². The minimum absolute atomic E-state index is 0.198. The first-order valence-electron chi connectivity index (χ1n) is 12.1. The summed E-state index contributed by atoms with van der Waals surface area (Å²) < 4.78 is 15.0. The van der Waals surface area contributed by atoms with Gasteiger partial charge in [0.2, 0.25) is 5.95 Å². The van der Waals surface area contributed by atoms with Gasteiger partial charge in [-0.3, -0.25) is 0 Å². The highest BCUT2D eigenvalue weighted by atomic mass is 16.6. The summed E-state index contributed by atoms with van der Waals surface area (Å²) in [4.78, 5) is 23.3. The van der Waals surface area contributed by atoms with Gasteiger partial charge in [0.25, 0.3) is 0 Å². The summed E-state index contributed by atoms with van der Waals surface area (Å²) in [5, 5.41) is 15.3. The number of aromatic nitrogens is 5. The van der Waals surface area contributed by atoms with E-state index in [0.717, 1.165) is 33.4 Å². The third-order valence-electron chi connectivity index (χ3n) is 6.09. The molecule has 0 aliphatic carbocycles. The molecule has 194 valence electrons. The number of rotatable bonds is 11. The van der Waals surface area contributed by atoms with Crippen LogP contribution in [0.2, 0.25) is 0 Å². The average molecular weight is 514 g/mol. The van der Waals surface area contributed by atoms with Crippen molar-refractivity contribution in [1.82, 2.24) is 24.1 Å². The van der Waals surface area contributed by atoms with Crippen molar-refractivity contribution in [2.24, 2.45) is 7.05 Å². The number of nitrogens with zero attached hydrogens (tertiary/aromatic N) is 6. The van der Waals surface area contributed by atoms with Crippen molar-refractivity contribution in [3.8, 4) is 17.0 Å². The molecule has 0 spiro atoms. The number of hydrogen-bond acceptors (Lipinski definition) is 8. The molecule has 38 heavy (non-hydrogen) atoms. The molecule has 0 unspecified atom stereocenters. The van der Waals surface area contributed by atoms with E-state index >= 15 is 0 Å².